The quantitative estimate of drug-likeness (QED) is 0.386. The number of rotatable bonds is 7. The molecule has 0 aromatic heterocycles. The van der Waals surface area contributed by atoms with Gasteiger partial charge >= 0.3 is 16.1 Å². The molecule has 0 bridgehead atoms. The zero-order chi connectivity index (χ0) is 19.4. The lowest BCUT2D eigenvalue weighted by Gasteiger charge is -2.10. The third-order valence-corrected chi connectivity index (χ3v) is 4.59. The molecule has 0 saturated carbocycles. The van der Waals surface area contributed by atoms with Gasteiger partial charge in [-0.3, -0.25) is 0 Å². The molecule has 0 aliphatic rings. The SMILES string of the molecule is O=[P+]([O-])c1c(OCCOc2ccc(F)c(F)c2[P+](=O)[O-])ccc(F)c1F. The van der Waals surface area contributed by atoms with Crippen molar-refractivity contribution in [3.8, 4) is 11.5 Å². The van der Waals surface area contributed by atoms with Crippen molar-refractivity contribution < 1.29 is 46.0 Å². The van der Waals surface area contributed by atoms with Gasteiger partial charge in [-0.25, -0.2) is 8.78 Å². The minimum atomic E-state index is -3.49. The Morgan fingerprint density at radius 1 is 0.731 bits per heavy atom. The van der Waals surface area contributed by atoms with E-state index in [1.165, 1.54) is 0 Å². The second-order valence-electron chi connectivity index (χ2n) is 4.63. The zero-order valence-corrected chi connectivity index (χ0v) is 14.4. The summed E-state index contributed by atoms with van der Waals surface area (Å²) in [6, 6.07) is 3.08. The van der Waals surface area contributed by atoms with Gasteiger partial charge in [-0.15, -0.1) is 0 Å². The molecule has 138 valence electrons. The Balaban J connectivity index is 2.09. The fraction of sp³-hybridized carbons (Fsp3) is 0.143. The smallest absolute Gasteiger partial charge is 0.356 e. The monoisotopic (exact) mass is 410 g/mol. The first-order valence-corrected chi connectivity index (χ1v) is 9.10. The van der Waals surface area contributed by atoms with Crippen molar-refractivity contribution in [1.82, 2.24) is 0 Å². The van der Waals surface area contributed by atoms with E-state index in [-0.39, 0.29) is 0 Å². The van der Waals surface area contributed by atoms with Crippen molar-refractivity contribution >= 4 is 26.7 Å². The van der Waals surface area contributed by atoms with Crippen LogP contribution < -0.4 is 29.9 Å². The Labute approximate surface area is 145 Å². The van der Waals surface area contributed by atoms with Gasteiger partial charge in [-0.05, 0) is 24.3 Å². The lowest BCUT2D eigenvalue weighted by Crippen LogP contribution is -2.20. The summed E-state index contributed by atoms with van der Waals surface area (Å²) in [5.41, 5.74) is 0. The van der Waals surface area contributed by atoms with Gasteiger partial charge in [-0.2, -0.15) is 8.78 Å². The van der Waals surface area contributed by atoms with Crippen LogP contribution in [0.4, 0.5) is 17.6 Å². The Morgan fingerprint density at radius 2 is 1.08 bits per heavy atom. The first-order chi connectivity index (χ1) is 12.2. The minimum absolute atomic E-state index is 0.421. The van der Waals surface area contributed by atoms with Crippen molar-refractivity contribution in [2.45, 2.75) is 0 Å². The lowest BCUT2D eigenvalue weighted by atomic mass is 10.3. The number of hydrogen-bond acceptors (Lipinski definition) is 6. The van der Waals surface area contributed by atoms with Crippen LogP contribution >= 0.6 is 16.1 Å². The second kappa shape index (κ2) is 8.51. The first-order valence-electron chi connectivity index (χ1n) is 6.74. The number of ether oxygens (including phenoxy) is 2. The van der Waals surface area contributed by atoms with Crippen LogP contribution in [0.15, 0.2) is 24.3 Å². The van der Waals surface area contributed by atoms with Crippen molar-refractivity contribution in [2.75, 3.05) is 13.2 Å². The summed E-state index contributed by atoms with van der Waals surface area (Å²) in [6.07, 6.45) is 0. The van der Waals surface area contributed by atoms with E-state index < -0.39 is 74.6 Å². The molecule has 0 radical (unpaired) electrons. The molecule has 2 aromatic rings. The van der Waals surface area contributed by atoms with Gasteiger partial charge in [0.1, 0.15) is 13.2 Å². The maximum absolute atomic E-state index is 13.5. The van der Waals surface area contributed by atoms with E-state index in [4.69, 9.17) is 9.47 Å². The Morgan fingerprint density at radius 3 is 1.38 bits per heavy atom. The van der Waals surface area contributed by atoms with Crippen LogP contribution in [-0.2, 0) is 9.13 Å². The highest BCUT2D eigenvalue weighted by molar-refractivity contribution is 7.46. The van der Waals surface area contributed by atoms with E-state index in [1.807, 2.05) is 0 Å². The molecular formula is C14H8F4O6P2. The molecule has 0 aliphatic carbocycles. The molecule has 0 amide bonds. The zero-order valence-electron chi connectivity index (χ0n) is 12.6. The highest BCUT2D eigenvalue weighted by atomic mass is 31.1. The molecule has 2 rings (SSSR count). The van der Waals surface area contributed by atoms with Gasteiger partial charge in [0.25, 0.3) is 10.6 Å². The fourth-order valence-corrected chi connectivity index (χ4v) is 3.09. The minimum Gasteiger partial charge on any atom is -0.591 e. The van der Waals surface area contributed by atoms with Crippen LogP contribution in [0.25, 0.3) is 0 Å². The van der Waals surface area contributed by atoms with E-state index in [9.17, 15) is 36.5 Å². The van der Waals surface area contributed by atoms with E-state index in [0.717, 1.165) is 12.1 Å². The normalized spacial score (nSPS) is 11.9. The fourth-order valence-electron chi connectivity index (χ4n) is 1.92. The van der Waals surface area contributed by atoms with Crippen molar-refractivity contribution in [3.63, 3.8) is 0 Å². The number of hydrogen-bond donors (Lipinski definition) is 0. The molecule has 26 heavy (non-hydrogen) atoms. The molecule has 0 spiro atoms. The van der Waals surface area contributed by atoms with Crippen LogP contribution in [0, 0.1) is 23.3 Å². The Bertz CT molecular complexity index is 806. The van der Waals surface area contributed by atoms with Crippen LogP contribution in [-0.4, -0.2) is 13.2 Å². The van der Waals surface area contributed by atoms with Gasteiger partial charge in [0.15, 0.2) is 23.1 Å². The molecule has 2 atom stereocenters. The summed E-state index contributed by atoms with van der Waals surface area (Å²) in [6.45, 7) is -0.843. The summed E-state index contributed by atoms with van der Waals surface area (Å²) < 4.78 is 85.1. The largest absolute Gasteiger partial charge is 0.591 e. The van der Waals surface area contributed by atoms with Crippen molar-refractivity contribution in [2.24, 2.45) is 0 Å². The molecule has 6 nitrogen and oxygen atoms in total. The van der Waals surface area contributed by atoms with Crippen molar-refractivity contribution in [3.05, 3.63) is 47.5 Å². The lowest BCUT2D eigenvalue weighted by molar-refractivity contribution is -0.161. The first kappa shape index (κ1) is 20.2. The predicted octanol–water partition coefficient (Wildman–Crippen LogP) is 1.16. The van der Waals surface area contributed by atoms with Crippen LogP contribution in [0.3, 0.4) is 0 Å². The third-order valence-electron chi connectivity index (χ3n) is 3.03. The average molecular weight is 410 g/mol. The molecule has 2 unspecified atom stereocenters. The molecule has 0 N–H and O–H groups in total. The van der Waals surface area contributed by atoms with Crippen molar-refractivity contribution in [1.29, 1.82) is 0 Å². The summed E-state index contributed by atoms with van der Waals surface area (Å²) >= 11 is 0. The topological polar surface area (TPSA) is 98.7 Å². The summed E-state index contributed by atoms with van der Waals surface area (Å²) in [5, 5.41) is -1.98. The predicted molar refractivity (Wildman–Crippen MR) is 78.2 cm³/mol. The van der Waals surface area contributed by atoms with Gasteiger partial charge in [0.05, 0.1) is 0 Å². The number of halogens is 4. The summed E-state index contributed by atoms with van der Waals surface area (Å²) in [7, 11) is -6.98. The van der Waals surface area contributed by atoms with Gasteiger partial charge in [0.2, 0.25) is 11.6 Å². The summed E-state index contributed by atoms with van der Waals surface area (Å²) in [5.74, 6) is -6.94. The van der Waals surface area contributed by atoms with E-state index in [0.29, 0.717) is 12.1 Å². The van der Waals surface area contributed by atoms with Gasteiger partial charge in [0, 0.05) is 0 Å². The molecule has 12 heteroatoms. The van der Waals surface area contributed by atoms with Crippen LogP contribution in [0.5, 0.6) is 11.5 Å². The van der Waals surface area contributed by atoms with Gasteiger partial charge in [-0.1, -0.05) is 9.13 Å². The van der Waals surface area contributed by atoms with Crippen LogP contribution in [0.2, 0.25) is 0 Å². The maximum atomic E-state index is 13.5. The summed E-state index contributed by atoms with van der Waals surface area (Å²) in [4.78, 5) is 22.0. The molecular weight excluding hydrogens is 402 g/mol. The molecule has 2 aromatic carbocycles. The highest BCUT2D eigenvalue weighted by Crippen LogP contribution is 2.24. The number of benzene rings is 2. The van der Waals surface area contributed by atoms with E-state index in [2.05, 4.69) is 0 Å². The van der Waals surface area contributed by atoms with Gasteiger partial charge < -0.3 is 19.3 Å². The standard InChI is InChI=1S/C14H8F4O6P2/c15-7-1-3-9(13(11(7)17)25(19)20)23-5-6-24-10-4-2-8(16)12(18)14(10)26(21)22/h1-4H,5-6H2. The molecule has 0 saturated heterocycles. The third kappa shape index (κ3) is 4.34. The average Bonchev–Trinajstić information content (AvgIpc) is 2.57. The maximum Gasteiger partial charge on any atom is 0.356 e. The Kier molecular flexibility index (Phi) is 6.61. The highest BCUT2D eigenvalue weighted by Gasteiger charge is 2.27. The Hall–Kier alpha value is -2.12. The van der Waals surface area contributed by atoms with Crippen LogP contribution in [0.1, 0.15) is 0 Å². The second-order valence-corrected chi connectivity index (χ2v) is 6.55. The molecule has 0 fully saturated rings. The van der Waals surface area contributed by atoms with E-state index >= 15 is 0 Å². The molecule has 0 aliphatic heterocycles. The van der Waals surface area contributed by atoms with E-state index in [1.54, 1.807) is 0 Å². The molecule has 0 heterocycles.